The molecular formula is C12H15N3O5S. The van der Waals surface area contributed by atoms with Crippen molar-refractivity contribution in [2.75, 3.05) is 23.4 Å². The summed E-state index contributed by atoms with van der Waals surface area (Å²) < 4.78 is 23.0. The minimum Gasteiger partial charge on any atom is -0.476 e. The molecule has 1 aromatic rings. The number of aromatic carboxylic acids is 1. The number of carboxylic acid groups (broad SMARTS) is 1. The Hall–Kier alpha value is -2.16. The van der Waals surface area contributed by atoms with Gasteiger partial charge < -0.3 is 15.3 Å². The summed E-state index contributed by atoms with van der Waals surface area (Å²) in [4.78, 5) is 28.2. The third kappa shape index (κ3) is 3.48. The molecule has 1 aliphatic heterocycles. The highest BCUT2D eigenvalue weighted by molar-refractivity contribution is 7.91. The number of nitrogens with zero attached hydrogens (tertiary/aromatic N) is 2. The van der Waals surface area contributed by atoms with Gasteiger partial charge in [-0.15, -0.1) is 0 Å². The van der Waals surface area contributed by atoms with Crippen molar-refractivity contribution in [2.45, 2.75) is 13.0 Å². The fourth-order valence-electron chi connectivity index (χ4n) is 2.16. The Morgan fingerprint density at radius 1 is 1.48 bits per heavy atom. The Morgan fingerprint density at radius 3 is 2.81 bits per heavy atom. The minimum atomic E-state index is -3.12. The average Bonchev–Trinajstić information content (AvgIpc) is 2.37. The van der Waals surface area contributed by atoms with Gasteiger partial charge in [0, 0.05) is 18.8 Å². The molecule has 21 heavy (non-hydrogen) atoms. The summed E-state index contributed by atoms with van der Waals surface area (Å²) in [6.45, 7) is 1.72. The SMILES string of the molecule is CC1CS(=O)(=O)CCN1C(=O)Nc1cccnc1C(=O)O. The Kier molecular flexibility index (Phi) is 4.12. The van der Waals surface area contributed by atoms with Crippen molar-refractivity contribution in [3.63, 3.8) is 0 Å². The zero-order valence-electron chi connectivity index (χ0n) is 11.3. The van der Waals surface area contributed by atoms with E-state index >= 15 is 0 Å². The maximum Gasteiger partial charge on any atom is 0.356 e. The van der Waals surface area contributed by atoms with E-state index in [2.05, 4.69) is 10.3 Å². The molecule has 0 bridgehead atoms. The Labute approximate surface area is 121 Å². The fourth-order valence-corrected chi connectivity index (χ4v) is 3.72. The number of pyridine rings is 1. The molecule has 2 amide bonds. The van der Waals surface area contributed by atoms with E-state index in [0.29, 0.717) is 0 Å². The van der Waals surface area contributed by atoms with Crippen LogP contribution in [0.4, 0.5) is 10.5 Å². The van der Waals surface area contributed by atoms with Gasteiger partial charge in [-0.2, -0.15) is 0 Å². The van der Waals surface area contributed by atoms with Crippen LogP contribution in [0.15, 0.2) is 18.3 Å². The molecule has 2 N–H and O–H groups in total. The van der Waals surface area contributed by atoms with Gasteiger partial charge in [0.2, 0.25) is 0 Å². The number of carbonyl (C=O) groups is 2. The number of anilines is 1. The van der Waals surface area contributed by atoms with Crippen LogP contribution in [-0.4, -0.2) is 59.5 Å². The molecule has 0 aliphatic carbocycles. The number of rotatable bonds is 2. The summed E-state index contributed by atoms with van der Waals surface area (Å²) in [7, 11) is -3.12. The Balaban J connectivity index is 2.14. The van der Waals surface area contributed by atoms with Crippen molar-refractivity contribution in [1.29, 1.82) is 0 Å². The van der Waals surface area contributed by atoms with E-state index in [4.69, 9.17) is 5.11 Å². The molecule has 9 heteroatoms. The number of nitrogens with one attached hydrogen (secondary N) is 1. The van der Waals surface area contributed by atoms with E-state index in [1.165, 1.54) is 23.2 Å². The molecule has 0 spiro atoms. The highest BCUT2D eigenvalue weighted by atomic mass is 32.2. The lowest BCUT2D eigenvalue weighted by molar-refractivity contribution is 0.0691. The van der Waals surface area contributed by atoms with Crippen LogP contribution >= 0.6 is 0 Å². The molecule has 1 aromatic heterocycles. The molecule has 1 aliphatic rings. The molecular weight excluding hydrogens is 298 g/mol. The number of carbonyl (C=O) groups excluding carboxylic acids is 1. The highest BCUT2D eigenvalue weighted by Gasteiger charge is 2.31. The summed E-state index contributed by atoms with van der Waals surface area (Å²) in [6, 6.07) is 1.94. The van der Waals surface area contributed by atoms with Crippen molar-refractivity contribution in [3.8, 4) is 0 Å². The molecule has 114 valence electrons. The molecule has 0 saturated carbocycles. The van der Waals surface area contributed by atoms with Crippen LogP contribution in [0.1, 0.15) is 17.4 Å². The van der Waals surface area contributed by atoms with Gasteiger partial charge in [0.15, 0.2) is 15.5 Å². The van der Waals surface area contributed by atoms with E-state index < -0.39 is 27.9 Å². The quantitative estimate of drug-likeness (QED) is 0.818. The molecule has 1 fully saturated rings. The second kappa shape index (κ2) is 5.68. The smallest absolute Gasteiger partial charge is 0.356 e. The van der Waals surface area contributed by atoms with Gasteiger partial charge in [-0.1, -0.05) is 0 Å². The summed E-state index contributed by atoms with van der Waals surface area (Å²) in [5.41, 5.74) is -0.182. The van der Waals surface area contributed by atoms with Gasteiger partial charge in [-0.25, -0.2) is 23.0 Å². The van der Waals surface area contributed by atoms with Gasteiger partial charge in [-0.05, 0) is 19.1 Å². The van der Waals surface area contributed by atoms with Gasteiger partial charge in [0.25, 0.3) is 0 Å². The summed E-state index contributed by atoms with van der Waals surface area (Å²) in [6.07, 6.45) is 1.31. The van der Waals surface area contributed by atoms with E-state index in [1.807, 2.05) is 0 Å². The predicted octanol–water partition coefficient (Wildman–Crippen LogP) is 0.431. The summed E-state index contributed by atoms with van der Waals surface area (Å²) >= 11 is 0. The second-order valence-electron chi connectivity index (χ2n) is 4.79. The van der Waals surface area contributed by atoms with Crippen molar-refractivity contribution in [2.24, 2.45) is 0 Å². The fraction of sp³-hybridized carbons (Fsp3) is 0.417. The van der Waals surface area contributed by atoms with Gasteiger partial charge in [-0.3, -0.25) is 0 Å². The minimum absolute atomic E-state index is 0.0793. The molecule has 0 aromatic carbocycles. The lowest BCUT2D eigenvalue weighted by Gasteiger charge is -2.33. The molecule has 2 heterocycles. The number of amides is 2. The number of aromatic nitrogens is 1. The van der Waals surface area contributed by atoms with Gasteiger partial charge in [0.1, 0.15) is 0 Å². The average molecular weight is 313 g/mol. The second-order valence-corrected chi connectivity index (χ2v) is 7.02. The maximum absolute atomic E-state index is 12.2. The molecule has 1 atom stereocenters. The number of hydrogen-bond acceptors (Lipinski definition) is 5. The summed E-state index contributed by atoms with van der Waals surface area (Å²) in [5, 5.41) is 11.5. The van der Waals surface area contributed by atoms with E-state index in [0.717, 1.165) is 0 Å². The first kappa shape index (κ1) is 15.2. The zero-order chi connectivity index (χ0) is 15.6. The monoisotopic (exact) mass is 313 g/mol. The molecule has 8 nitrogen and oxygen atoms in total. The summed E-state index contributed by atoms with van der Waals surface area (Å²) in [5.74, 6) is -1.44. The Bertz CT molecular complexity index is 673. The molecule has 0 radical (unpaired) electrons. The van der Waals surface area contributed by atoms with E-state index in [-0.39, 0.29) is 29.4 Å². The normalized spacial score (nSPS) is 20.8. The molecule has 1 unspecified atom stereocenters. The number of carboxylic acids is 1. The first-order chi connectivity index (χ1) is 9.80. The van der Waals surface area contributed by atoms with Crippen LogP contribution < -0.4 is 5.32 Å². The molecule has 1 saturated heterocycles. The number of urea groups is 1. The van der Waals surface area contributed by atoms with Crippen LogP contribution in [0.2, 0.25) is 0 Å². The van der Waals surface area contributed by atoms with Gasteiger partial charge in [0.05, 0.1) is 17.2 Å². The first-order valence-corrected chi connectivity index (χ1v) is 8.08. The van der Waals surface area contributed by atoms with Crippen molar-refractivity contribution in [1.82, 2.24) is 9.88 Å². The van der Waals surface area contributed by atoms with Crippen LogP contribution in [0.5, 0.6) is 0 Å². The first-order valence-electron chi connectivity index (χ1n) is 6.26. The lowest BCUT2D eigenvalue weighted by Crippen LogP contribution is -2.51. The van der Waals surface area contributed by atoms with Crippen LogP contribution in [0.25, 0.3) is 0 Å². The Morgan fingerprint density at radius 2 is 2.19 bits per heavy atom. The lowest BCUT2D eigenvalue weighted by atomic mass is 10.3. The van der Waals surface area contributed by atoms with Crippen LogP contribution in [0, 0.1) is 0 Å². The number of sulfone groups is 1. The van der Waals surface area contributed by atoms with Crippen LogP contribution in [-0.2, 0) is 9.84 Å². The van der Waals surface area contributed by atoms with Crippen molar-refractivity contribution >= 4 is 27.5 Å². The predicted molar refractivity (Wildman–Crippen MR) is 75.0 cm³/mol. The largest absolute Gasteiger partial charge is 0.476 e. The van der Waals surface area contributed by atoms with Crippen LogP contribution in [0.3, 0.4) is 0 Å². The third-order valence-electron chi connectivity index (χ3n) is 3.18. The number of hydrogen-bond donors (Lipinski definition) is 2. The van der Waals surface area contributed by atoms with E-state index in [9.17, 15) is 18.0 Å². The highest BCUT2D eigenvalue weighted by Crippen LogP contribution is 2.16. The standard InChI is InChI=1S/C12H15N3O5S/c1-8-7-21(19,20)6-5-15(8)12(18)14-9-3-2-4-13-10(9)11(16)17/h2-4,8H,5-7H2,1H3,(H,14,18)(H,16,17). The zero-order valence-corrected chi connectivity index (χ0v) is 12.1. The maximum atomic E-state index is 12.2. The molecule has 2 rings (SSSR count). The van der Waals surface area contributed by atoms with Crippen molar-refractivity contribution in [3.05, 3.63) is 24.0 Å². The topological polar surface area (TPSA) is 117 Å². The van der Waals surface area contributed by atoms with E-state index in [1.54, 1.807) is 6.92 Å². The van der Waals surface area contributed by atoms with Gasteiger partial charge >= 0.3 is 12.0 Å². The third-order valence-corrected chi connectivity index (χ3v) is 4.98. The van der Waals surface area contributed by atoms with Crippen molar-refractivity contribution < 1.29 is 23.1 Å².